The van der Waals surface area contributed by atoms with E-state index >= 15 is 0 Å². The largest absolute Gasteiger partial charge is 0.497 e. The van der Waals surface area contributed by atoms with Gasteiger partial charge in [-0.05, 0) is 30.5 Å². The van der Waals surface area contributed by atoms with Crippen molar-refractivity contribution in [3.8, 4) is 5.75 Å². The van der Waals surface area contributed by atoms with Crippen LogP contribution >= 0.6 is 0 Å². The summed E-state index contributed by atoms with van der Waals surface area (Å²) >= 11 is 0. The average molecular weight is 356 g/mol. The van der Waals surface area contributed by atoms with Gasteiger partial charge >= 0.3 is 0 Å². The van der Waals surface area contributed by atoms with Crippen LogP contribution in [0.2, 0.25) is 0 Å². The van der Waals surface area contributed by atoms with Crippen molar-refractivity contribution in [1.29, 1.82) is 0 Å². The average Bonchev–Trinajstić information content (AvgIpc) is 3.36. The van der Waals surface area contributed by atoms with Gasteiger partial charge in [0.05, 0.1) is 13.2 Å². The second-order valence-corrected chi connectivity index (χ2v) is 8.04. The van der Waals surface area contributed by atoms with Gasteiger partial charge < -0.3 is 14.5 Å². The minimum Gasteiger partial charge on any atom is -0.497 e. The lowest BCUT2D eigenvalue weighted by molar-refractivity contribution is -0.135. The first kappa shape index (κ1) is 17.4. The second kappa shape index (κ2) is 6.93. The van der Waals surface area contributed by atoms with Gasteiger partial charge in [-0.2, -0.15) is 0 Å². The van der Waals surface area contributed by atoms with Crippen LogP contribution in [-0.4, -0.2) is 48.4 Å². The molecule has 5 nitrogen and oxygen atoms in total. The molecule has 0 radical (unpaired) electrons. The SMILES string of the molecule is COc1ccc([C@H]2[C@@H]3CN(C(=O)C4CCCC4)C[C@@H]3CN2C(C)=O)cc1. The molecular formula is C21H28N2O3. The number of methoxy groups -OCH3 is 1. The molecule has 5 heteroatoms. The van der Waals surface area contributed by atoms with Crippen molar-refractivity contribution in [1.82, 2.24) is 9.80 Å². The maximum absolute atomic E-state index is 12.8. The number of hydrogen-bond donors (Lipinski definition) is 0. The Morgan fingerprint density at radius 1 is 1.04 bits per heavy atom. The monoisotopic (exact) mass is 356 g/mol. The maximum Gasteiger partial charge on any atom is 0.225 e. The summed E-state index contributed by atoms with van der Waals surface area (Å²) in [4.78, 5) is 29.2. The number of fused-ring (bicyclic) bond motifs is 1. The molecule has 1 aromatic rings. The number of nitrogens with zero attached hydrogens (tertiary/aromatic N) is 2. The van der Waals surface area contributed by atoms with Crippen molar-refractivity contribution in [2.24, 2.45) is 17.8 Å². The topological polar surface area (TPSA) is 49.9 Å². The Bertz CT molecular complexity index is 681. The fourth-order valence-electron chi connectivity index (χ4n) is 5.21. The minimum absolute atomic E-state index is 0.0600. The molecule has 0 unspecified atom stereocenters. The third kappa shape index (κ3) is 2.97. The van der Waals surface area contributed by atoms with E-state index in [4.69, 9.17) is 4.74 Å². The van der Waals surface area contributed by atoms with E-state index in [-0.39, 0.29) is 17.9 Å². The van der Waals surface area contributed by atoms with Crippen molar-refractivity contribution >= 4 is 11.8 Å². The van der Waals surface area contributed by atoms with E-state index in [0.29, 0.717) is 17.7 Å². The third-order valence-electron chi connectivity index (χ3n) is 6.54. The number of likely N-dealkylation sites (tertiary alicyclic amines) is 2. The van der Waals surface area contributed by atoms with Crippen LogP contribution in [0.4, 0.5) is 0 Å². The van der Waals surface area contributed by atoms with Gasteiger partial charge in [-0.1, -0.05) is 25.0 Å². The van der Waals surface area contributed by atoms with Crippen LogP contribution in [0.3, 0.4) is 0 Å². The van der Waals surface area contributed by atoms with E-state index < -0.39 is 0 Å². The molecule has 2 saturated heterocycles. The number of carbonyl (C=O) groups excluding carboxylic acids is 2. The number of benzene rings is 1. The van der Waals surface area contributed by atoms with E-state index in [0.717, 1.165) is 43.8 Å². The summed E-state index contributed by atoms with van der Waals surface area (Å²) in [7, 11) is 1.66. The highest BCUT2D eigenvalue weighted by Crippen LogP contribution is 2.46. The summed E-state index contributed by atoms with van der Waals surface area (Å²) in [6.45, 7) is 3.99. The number of amides is 2. The van der Waals surface area contributed by atoms with Crippen molar-refractivity contribution in [3.63, 3.8) is 0 Å². The van der Waals surface area contributed by atoms with Gasteiger partial charge in [-0.3, -0.25) is 9.59 Å². The summed E-state index contributed by atoms with van der Waals surface area (Å²) in [5.74, 6) is 2.24. The Morgan fingerprint density at radius 3 is 2.35 bits per heavy atom. The van der Waals surface area contributed by atoms with Gasteiger partial charge in [0.15, 0.2) is 0 Å². The van der Waals surface area contributed by atoms with Crippen LogP contribution < -0.4 is 4.74 Å². The number of carbonyl (C=O) groups is 2. The lowest BCUT2D eigenvalue weighted by atomic mass is 9.89. The summed E-state index contributed by atoms with van der Waals surface area (Å²) in [6, 6.07) is 8.09. The molecular weight excluding hydrogens is 328 g/mol. The summed E-state index contributed by atoms with van der Waals surface area (Å²) < 4.78 is 5.26. The van der Waals surface area contributed by atoms with Crippen LogP contribution in [-0.2, 0) is 9.59 Å². The zero-order valence-electron chi connectivity index (χ0n) is 15.7. The van der Waals surface area contributed by atoms with Crippen LogP contribution in [0.5, 0.6) is 5.75 Å². The molecule has 1 aromatic carbocycles. The van der Waals surface area contributed by atoms with E-state index in [1.54, 1.807) is 14.0 Å². The van der Waals surface area contributed by atoms with E-state index in [1.807, 2.05) is 17.0 Å². The van der Waals surface area contributed by atoms with Crippen molar-refractivity contribution in [3.05, 3.63) is 29.8 Å². The standard InChI is InChI=1S/C21H28N2O3/c1-14(24)23-12-17-11-22(21(25)16-5-3-4-6-16)13-19(17)20(23)15-7-9-18(26-2)10-8-15/h7-10,16-17,19-20H,3-6,11-13H2,1-2H3/t17-,19-,20+/m1/s1. The third-order valence-corrected chi connectivity index (χ3v) is 6.54. The van der Waals surface area contributed by atoms with Crippen molar-refractivity contribution < 1.29 is 14.3 Å². The molecule has 2 amide bonds. The lowest BCUT2D eigenvalue weighted by Crippen LogP contribution is -2.38. The molecule has 0 bridgehead atoms. The molecule has 1 aliphatic carbocycles. The van der Waals surface area contributed by atoms with E-state index in [2.05, 4.69) is 17.0 Å². The smallest absolute Gasteiger partial charge is 0.225 e. The normalized spacial score (nSPS) is 28.5. The molecule has 3 atom stereocenters. The van der Waals surface area contributed by atoms with Crippen LogP contribution in [0.1, 0.15) is 44.2 Å². The van der Waals surface area contributed by atoms with Crippen molar-refractivity contribution in [2.75, 3.05) is 26.7 Å². The predicted octanol–water partition coefficient (Wildman–Crippen LogP) is 2.86. The minimum atomic E-state index is 0.0600. The van der Waals surface area contributed by atoms with Gasteiger partial charge in [-0.25, -0.2) is 0 Å². The molecule has 2 aliphatic heterocycles. The van der Waals surface area contributed by atoms with Crippen LogP contribution in [0.25, 0.3) is 0 Å². The molecule has 3 aliphatic rings. The quantitative estimate of drug-likeness (QED) is 0.837. The Labute approximate surface area is 155 Å². The molecule has 1 saturated carbocycles. The molecule has 26 heavy (non-hydrogen) atoms. The van der Waals surface area contributed by atoms with Crippen LogP contribution in [0.15, 0.2) is 24.3 Å². The number of rotatable bonds is 3. The fourth-order valence-corrected chi connectivity index (χ4v) is 5.21. The molecule has 3 fully saturated rings. The van der Waals surface area contributed by atoms with Gasteiger partial charge in [0, 0.05) is 44.3 Å². The fraction of sp³-hybridized carbons (Fsp3) is 0.619. The molecule has 2 heterocycles. The van der Waals surface area contributed by atoms with E-state index in [1.165, 1.54) is 12.8 Å². The molecule has 4 rings (SSSR count). The summed E-state index contributed by atoms with van der Waals surface area (Å²) in [5.41, 5.74) is 1.14. The molecule has 0 spiro atoms. The first-order chi connectivity index (χ1) is 12.6. The highest BCUT2D eigenvalue weighted by Gasteiger charge is 2.50. The first-order valence-electron chi connectivity index (χ1n) is 9.78. The van der Waals surface area contributed by atoms with Gasteiger partial charge in [0.2, 0.25) is 11.8 Å². The summed E-state index contributed by atoms with van der Waals surface area (Å²) in [5, 5.41) is 0. The van der Waals surface area contributed by atoms with Gasteiger partial charge in [0.25, 0.3) is 0 Å². The van der Waals surface area contributed by atoms with Gasteiger partial charge in [0.1, 0.15) is 5.75 Å². The molecule has 0 N–H and O–H groups in total. The summed E-state index contributed by atoms with van der Waals surface area (Å²) in [6.07, 6.45) is 4.46. The highest BCUT2D eigenvalue weighted by atomic mass is 16.5. The van der Waals surface area contributed by atoms with E-state index in [9.17, 15) is 9.59 Å². The second-order valence-electron chi connectivity index (χ2n) is 8.04. The zero-order chi connectivity index (χ0) is 18.3. The molecule has 0 aromatic heterocycles. The highest BCUT2D eigenvalue weighted by molar-refractivity contribution is 5.80. The zero-order valence-corrected chi connectivity index (χ0v) is 15.7. The lowest BCUT2D eigenvalue weighted by Gasteiger charge is -2.30. The van der Waals surface area contributed by atoms with Crippen molar-refractivity contribution in [2.45, 2.75) is 38.6 Å². The maximum atomic E-state index is 12.8. The van der Waals surface area contributed by atoms with Crippen LogP contribution in [0, 0.1) is 17.8 Å². The Balaban J connectivity index is 1.55. The Kier molecular flexibility index (Phi) is 4.63. The Hall–Kier alpha value is -2.04. The molecule has 140 valence electrons. The predicted molar refractivity (Wildman–Crippen MR) is 98.6 cm³/mol. The number of ether oxygens (including phenoxy) is 1. The first-order valence-corrected chi connectivity index (χ1v) is 9.78. The number of hydrogen-bond acceptors (Lipinski definition) is 3. The van der Waals surface area contributed by atoms with Gasteiger partial charge in [-0.15, -0.1) is 0 Å². The Morgan fingerprint density at radius 2 is 1.73 bits per heavy atom.